The van der Waals surface area contributed by atoms with Crippen molar-refractivity contribution in [2.45, 2.75) is 37.9 Å². The Balaban J connectivity index is 1.52. The molecule has 1 amide bonds. The average molecular weight is 520 g/mol. The van der Waals surface area contributed by atoms with Crippen molar-refractivity contribution in [2.75, 3.05) is 23.2 Å². The molecule has 12 heteroatoms. The van der Waals surface area contributed by atoms with Crippen LogP contribution in [0, 0.1) is 18.7 Å². The van der Waals surface area contributed by atoms with Gasteiger partial charge in [0.25, 0.3) is 10.0 Å². The lowest BCUT2D eigenvalue weighted by atomic mass is 10.1. The molecule has 0 aliphatic heterocycles. The molecule has 9 nitrogen and oxygen atoms in total. The predicted octanol–water partition coefficient (Wildman–Crippen LogP) is 4.31. The Morgan fingerprint density at radius 3 is 2.69 bits per heavy atom. The molecule has 186 valence electrons. The number of sulfonamides is 1. The highest BCUT2D eigenvalue weighted by Gasteiger charge is 2.33. The Bertz CT molecular complexity index is 1310. The zero-order valence-electron chi connectivity index (χ0n) is 19.3. The van der Waals surface area contributed by atoms with Gasteiger partial charge in [0, 0.05) is 30.6 Å². The monoisotopic (exact) mass is 519 g/mol. The molecule has 1 aliphatic rings. The third-order valence-electron chi connectivity index (χ3n) is 5.74. The second kappa shape index (κ2) is 10.3. The van der Waals surface area contributed by atoms with Crippen LogP contribution in [0.3, 0.4) is 0 Å². The highest BCUT2D eigenvalue weighted by molar-refractivity contribution is 7.93. The molecule has 0 bridgehead atoms. The average Bonchev–Trinajstić information content (AvgIpc) is 3.44. The molecule has 0 atom stereocenters. The second-order valence-electron chi connectivity index (χ2n) is 8.55. The molecule has 4 rings (SSSR count). The topological polar surface area (TPSA) is 116 Å². The van der Waals surface area contributed by atoms with Gasteiger partial charge in [-0.25, -0.2) is 19.2 Å². The van der Waals surface area contributed by atoms with Gasteiger partial charge in [0.05, 0.1) is 16.9 Å². The zero-order valence-corrected chi connectivity index (χ0v) is 20.9. The number of aromatic nitrogens is 2. The number of rotatable bonds is 10. The van der Waals surface area contributed by atoms with E-state index in [1.54, 1.807) is 13.0 Å². The Hall–Kier alpha value is -3.09. The van der Waals surface area contributed by atoms with Crippen molar-refractivity contribution in [3.63, 3.8) is 0 Å². The highest BCUT2D eigenvalue weighted by Crippen LogP contribution is 2.30. The van der Waals surface area contributed by atoms with Gasteiger partial charge in [-0.2, -0.15) is 8.42 Å². The number of hydrogen-bond acceptors (Lipinski definition) is 8. The summed E-state index contributed by atoms with van der Waals surface area (Å²) in [5, 5.41) is 13.5. The molecule has 0 radical (unpaired) electrons. The Labute approximate surface area is 207 Å². The van der Waals surface area contributed by atoms with Crippen molar-refractivity contribution in [3.05, 3.63) is 63.9 Å². The van der Waals surface area contributed by atoms with Crippen LogP contribution in [0.15, 0.2) is 46.2 Å². The lowest BCUT2D eigenvalue weighted by Gasteiger charge is -2.20. The summed E-state index contributed by atoms with van der Waals surface area (Å²) in [6, 6.07) is 7.74. The number of hydrogen-bond donors (Lipinski definition) is 2. The maximum Gasteiger partial charge on any atom is 0.427 e. The van der Waals surface area contributed by atoms with Crippen molar-refractivity contribution in [3.8, 4) is 0 Å². The van der Waals surface area contributed by atoms with Crippen LogP contribution in [0.25, 0.3) is 0 Å². The van der Waals surface area contributed by atoms with Gasteiger partial charge < -0.3 is 15.3 Å². The molecule has 2 aromatic heterocycles. The summed E-state index contributed by atoms with van der Waals surface area (Å²) in [5.41, 5.74) is 3.60. The third kappa shape index (κ3) is 5.77. The molecule has 1 fully saturated rings. The normalized spacial score (nSPS) is 13.7. The molecule has 35 heavy (non-hydrogen) atoms. The maximum atomic E-state index is 14.7. The molecule has 2 N–H and O–H groups in total. The number of anilines is 2. The Morgan fingerprint density at radius 2 is 2.06 bits per heavy atom. The van der Waals surface area contributed by atoms with E-state index < -0.39 is 21.1 Å². The molecule has 0 saturated heterocycles. The Kier molecular flexibility index (Phi) is 7.33. The fraction of sp³-hybridized carbons (Fsp3) is 0.348. The van der Waals surface area contributed by atoms with Gasteiger partial charge >= 0.3 is 6.09 Å². The fourth-order valence-electron chi connectivity index (χ4n) is 3.82. The van der Waals surface area contributed by atoms with E-state index in [-0.39, 0.29) is 22.5 Å². The molecule has 0 unspecified atom stereocenters. The van der Waals surface area contributed by atoms with Gasteiger partial charge in [-0.05, 0) is 56.5 Å². The molecule has 1 saturated carbocycles. The molecule has 1 aliphatic carbocycles. The van der Waals surface area contributed by atoms with E-state index in [0.29, 0.717) is 23.5 Å². The van der Waals surface area contributed by atoms with Crippen LogP contribution < -0.4 is 9.62 Å². The predicted molar refractivity (Wildman–Crippen MR) is 132 cm³/mol. The number of nitrogens with zero attached hydrogens (tertiary/aromatic N) is 4. The number of thiazole rings is 1. The molecule has 2 heterocycles. The van der Waals surface area contributed by atoms with Gasteiger partial charge in [-0.15, -0.1) is 15.6 Å². The standard InChI is InChI=1S/C23H26FN5O4S2/c1-15-20(8-9-22(27-15)35(32,33)29(23(30)31)21-13-34-14-26-21)25-10-18-17(4-3-5-19(18)24)12-28(2)11-16-6-7-16/h3-5,8-9,13-14,16,25H,6-7,10-12H2,1-2H3,(H,30,31). The smallest absolute Gasteiger partial charge is 0.427 e. The number of amides is 1. The van der Waals surface area contributed by atoms with Gasteiger partial charge in [0.2, 0.25) is 0 Å². The van der Waals surface area contributed by atoms with Crippen LogP contribution in [0.1, 0.15) is 29.7 Å². The summed E-state index contributed by atoms with van der Waals surface area (Å²) >= 11 is 1.07. The minimum Gasteiger partial charge on any atom is -0.464 e. The second-order valence-corrected chi connectivity index (χ2v) is 11.0. The van der Waals surface area contributed by atoms with Gasteiger partial charge in [-0.1, -0.05) is 12.1 Å². The lowest BCUT2D eigenvalue weighted by Crippen LogP contribution is -2.36. The van der Waals surface area contributed by atoms with E-state index in [4.69, 9.17) is 0 Å². The summed E-state index contributed by atoms with van der Waals surface area (Å²) in [6.07, 6.45) is 0.804. The van der Waals surface area contributed by atoms with Crippen molar-refractivity contribution in [1.29, 1.82) is 0 Å². The van der Waals surface area contributed by atoms with Crippen molar-refractivity contribution < 1.29 is 22.7 Å². The number of pyridine rings is 1. The number of halogens is 1. The number of aryl methyl sites for hydroxylation is 1. The number of carbonyl (C=O) groups is 1. The van der Waals surface area contributed by atoms with E-state index >= 15 is 0 Å². The van der Waals surface area contributed by atoms with Gasteiger partial charge in [0.1, 0.15) is 5.82 Å². The van der Waals surface area contributed by atoms with Crippen LogP contribution in [-0.2, 0) is 23.1 Å². The minimum atomic E-state index is -4.49. The van der Waals surface area contributed by atoms with Crippen molar-refractivity contribution in [2.24, 2.45) is 5.92 Å². The van der Waals surface area contributed by atoms with E-state index in [2.05, 4.69) is 20.2 Å². The zero-order chi connectivity index (χ0) is 25.2. The molecular weight excluding hydrogens is 493 g/mol. The van der Waals surface area contributed by atoms with Crippen LogP contribution in [0.4, 0.5) is 20.7 Å². The molecule has 1 aromatic carbocycles. The van der Waals surface area contributed by atoms with Gasteiger partial charge in [-0.3, -0.25) is 0 Å². The highest BCUT2D eigenvalue weighted by atomic mass is 32.2. The van der Waals surface area contributed by atoms with E-state index in [9.17, 15) is 22.7 Å². The first kappa shape index (κ1) is 25.0. The van der Waals surface area contributed by atoms with E-state index in [1.807, 2.05) is 13.1 Å². The van der Waals surface area contributed by atoms with Crippen molar-refractivity contribution >= 4 is 39.0 Å². The van der Waals surface area contributed by atoms with Crippen LogP contribution in [0.5, 0.6) is 0 Å². The van der Waals surface area contributed by atoms with E-state index in [0.717, 1.165) is 29.4 Å². The number of nitrogens with one attached hydrogen (secondary N) is 1. The SMILES string of the molecule is Cc1nc(S(=O)(=O)N(C(=O)O)c2cscn2)ccc1NCc1c(F)cccc1CN(C)CC1CC1. The van der Waals surface area contributed by atoms with Crippen LogP contribution in [-0.4, -0.2) is 48.1 Å². The van der Waals surface area contributed by atoms with Gasteiger partial charge in [0.15, 0.2) is 10.8 Å². The number of carboxylic acid groups (broad SMARTS) is 1. The summed E-state index contributed by atoms with van der Waals surface area (Å²) in [4.78, 5) is 21.8. The first-order valence-electron chi connectivity index (χ1n) is 11.0. The quantitative estimate of drug-likeness (QED) is 0.407. The fourth-order valence-corrected chi connectivity index (χ4v) is 5.64. The molecule has 0 spiro atoms. The lowest BCUT2D eigenvalue weighted by molar-refractivity contribution is 0.206. The summed E-state index contributed by atoms with van der Waals surface area (Å²) < 4.78 is 40.8. The van der Waals surface area contributed by atoms with Crippen LogP contribution in [0.2, 0.25) is 0 Å². The number of benzene rings is 1. The first-order valence-corrected chi connectivity index (χ1v) is 13.4. The summed E-state index contributed by atoms with van der Waals surface area (Å²) in [5.74, 6) is 0.189. The largest absolute Gasteiger partial charge is 0.464 e. The summed E-state index contributed by atoms with van der Waals surface area (Å²) in [7, 11) is -2.46. The van der Waals surface area contributed by atoms with Crippen molar-refractivity contribution in [1.82, 2.24) is 14.9 Å². The molecular formula is C23H26FN5O4S2. The first-order chi connectivity index (χ1) is 16.7. The molecule has 3 aromatic rings. The third-order valence-corrected chi connectivity index (χ3v) is 7.90. The summed E-state index contributed by atoms with van der Waals surface area (Å²) in [6.45, 7) is 3.40. The van der Waals surface area contributed by atoms with E-state index in [1.165, 1.54) is 41.9 Å². The Morgan fingerprint density at radius 1 is 1.29 bits per heavy atom. The maximum absolute atomic E-state index is 14.7. The van der Waals surface area contributed by atoms with Crippen LogP contribution >= 0.6 is 11.3 Å². The minimum absolute atomic E-state index is 0.188.